The summed E-state index contributed by atoms with van der Waals surface area (Å²) in [5.74, 6) is 0. The van der Waals surface area contributed by atoms with Crippen LogP contribution in [0.1, 0.15) is 22.3 Å². The quantitative estimate of drug-likeness (QED) is 0.197. The van der Waals surface area contributed by atoms with Crippen molar-refractivity contribution in [2.75, 3.05) is 0 Å². The van der Waals surface area contributed by atoms with Gasteiger partial charge >= 0.3 is 0 Å². The molecule has 0 N–H and O–H groups in total. The predicted molar refractivity (Wildman–Crippen MR) is 148 cm³/mol. The molecule has 0 aliphatic heterocycles. The Morgan fingerprint density at radius 3 is 1.31 bits per heavy atom. The van der Waals surface area contributed by atoms with Crippen LogP contribution in [0.3, 0.4) is 0 Å². The summed E-state index contributed by atoms with van der Waals surface area (Å²) in [6.07, 6.45) is 0. The van der Waals surface area contributed by atoms with Gasteiger partial charge in [0.2, 0.25) is 0 Å². The van der Waals surface area contributed by atoms with Gasteiger partial charge in [-0.25, -0.2) is 13.4 Å². The molecule has 0 aliphatic rings. The fraction of sp³-hybridized carbons (Fsp3) is 0.143. The molecule has 0 amide bonds. The molecule has 0 atom stereocenters. The Kier molecular flexibility index (Phi) is 8.73. The van der Waals surface area contributed by atoms with Gasteiger partial charge in [0.15, 0.2) is 0 Å². The molecule has 4 rings (SSSR count). The summed E-state index contributed by atoms with van der Waals surface area (Å²) in [5.41, 5.74) is 3.65. The van der Waals surface area contributed by atoms with E-state index in [1.165, 1.54) is 4.41 Å². The van der Waals surface area contributed by atoms with Gasteiger partial charge in [0.1, 0.15) is 0 Å². The van der Waals surface area contributed by atoms with Crippen molar-refractivity contribution in [2.24, 2.45) is 0 Å². The van der Waals surface area contributed by atoms with E-state index in [2.05, 4.69) is 0 Å². The van der Waals surface area contributed by atoms with Crippen LogP contribution in [0.4, 0.5) is 0 Å². The Morgan fingerprint density at radius 2 is 0.917 bits per heavy atom. The van der Waals surface area contributed by atoms with Crippen molar-refractivity contribution in [1.29, 1.82) is 0 Å². The van der Waals surface area contributed by atoms with E-state index in [1.54, 1.807) is 60.7 Å². The van der Waals surface area contributed by atoms with E-state index in [9.17, 15) is 8.42 Å². The minimum Gasteiger partial charge on any atom is -0.219 e. The van der Waals surface area contributed by atoms with Crippen LogP contribution in [0.2, 0.25) is 15.1 Å². The lowest BCUT2D eigenvalue weighted by Crippen LogP contribution is -2.45. The van der Waals surface area contributed by atoms with E-state index >= 15 is 0 Å². The lowest BCUT2D eigenvalue weighted by molar-refractivity contribution is 0.0341. The second-order valence-corrected chi connectivity index (χ2v) is 11.7. The number of nitrogens with zero attached hydrogens (tertiary/aromatic N) is 2. The molecule has 0 saturated heterocycles. The highest BCUT2D eigenvalue weighted by Gasteiger charge is 2.31. The molecular formula is C28H25Cl3N2O2S. The third kappa shape index (κ3) is 6.88. The number of hydrogen-bond acceptors (Lipinski definition) is 3. The Balaban J connectivity index is 1.79. The number of hydrazine groups is 1. The minimum absolute atomic E-state index is 0.133. The van der Waals surface area contributed by atoms with Crippen LogP contribution in [-0.2, 0) is 29.7 Å². The summed E-state index contributed by atoms with van der Waals surface area (Å²) >= 11 is 18.3. The van der Waals surface area contributed by atoms with Gasteiger partial charge in [0.25, 0.3) is 10.0 Å². The summed E-state index contributed by atoms with van der Waals surface area (Å²) in [5, 5.41) is 3.66. The lowest BCUT2D eigenvalue weighted by atomic mass is 10.2. The Hall–Kier alpha value is -2.38. The van der Waals surface area contributed by atoms with Gasteiger partial charge in [-0.3, -0.25) is 0 Å². The van der Waals surface area contributed by atoms with Crippen LogP contribution in [0.25, 0.3) is 0 Å². The van der Waals surface area contributed by atoms with Crippen LogP contribution in [0, 0.1) is 6.92 Å². The number of sulfonamides is 1. The first-order valence-corrected chi connectivity index (χ1v) is 13.9. The second kappa shape index (κ2) is 11.8. The van der Waals surface area contributed by atoms with E-state index in [0.717, 1.165) is 22.3 Å². The van der Waals surface area contributed by atoms with Crippen LogP contribution >= 0.6 is 34.8 Å². The molecule has 0 saturated carbocycles. The fourth-order valence-electron chi connectivity index (χ4n) is 3.73. The van der Waals surface area contributed by atoms with Gasteiger partial charge < -0.3 is 0 Å². The molecule has 0 spiro atoms. The molecule has 36 heavy (non-hydrogen) atoms. The molecule has 0 radical (unpaired) electrons. The van der Waals surface area contributed by atoms with Crippen molar-refractivity contribution in [3.63, 3.8) is 0 Å². The van der Waals surface area contributed by atoms with E-state index in [1.807, 2.05) is 48.3 Å². The number of rotatable bonds is 9. The number of aryl methyl sites for hydroxylation is 1. The van der Waals surface area contributed by atoms with E-state index in [4.69, 9.17) is 34.8 Å². The third-order valence-electron chi connectivity index (χ3n) is 5.70. The van der Waals surface area contributed by atoms with Gasteiger partial charge in [0, 0.05) is 28.2 Å². The molecule has 0 aliphatic carbocycles. The normalized spacial score (nSPS) is 11.8. The molecule has 186 valence electrons. The zero-order chi connectivity index (χ0) is 25.7. The standard InChI is InChI=1S/C28H25Cl3N2O2S/c1-21-2-16-28(17-3-21)36(34,35)33(20-24-8-14-27(31)15-9-24)32(18-22-4-10-25(29)11-5-22)19-23-6-12-26(30)13-7-23/h2-17H,18-20H2,1H3. The number of benzene rings is 4. The fourth-order valence-corrected chi connectivity index (χ4v) is 5.57. The molecular weight excluding hydrogens is 535 g/mol. The highest BCUT2D eigenvalue weighted by atomic mass is 35.5. The summed E-state index contributed by atoms with van der Waals surface area (Å²) in [7, 11) is -3.91. The first-order chi connectivity index (χ1) is 17.2. The maximum Gasteiger partial charge on any atom is 0.256 e. The molecule has 0 unspecified atom stereocenters. The summed E-state index contributed by atoms with van der Waals surface area (Å²) < 4.78 is 29.6. The minimum atomic E-state index is -3.91. The summed E-state index contributed by atoms with van der Waals surface area (Å²) in [4.78, 5) is 0.222. The predicted octanol–water partition coefficient (Wildman–Crippen LogP) is 7.76. The van der Waals surface area contributed by atoms with Gasteiger partial charge in [0.05, 0.1) is 11.4 Å². The van der Waals surface area contributed by atoms with E-state index in [0.29, 0.717) is 28.2 Å². The SMILES string of the molecule is Cc1ccc(S(=O)(=O)N(Cc2ccc(Cl)cc2)N(Cc2ccc(Cl)cc2)Cc2ccc(Cl)cc2)cc1. The van der Waals surface area contributed by atoms with Crippen molar-refractivity contribution in [3.8, 4) is 0 Å². The first kappa shape index (κ1) is 26.7. The van der Waals surface area contributed by atoms with Crippen molar-refractivity contribution in [2.45, 2.75) is 31.5 Å². The van der Waals surface area contributed by atoms with Crippen LogP contribution < -0.4 is 0 Å². The van der Waals surface area contributed by atoms with E-state index < -0.39 is 10.0 Å². The zero-order valence-electron chi connectivity index (χ0n) is 19.6. The zero-order valence-corrected chi connectivity index (χ0v) is 22.7. The molecule has 0 fully saturated rings. The molecule has 8 heteroatoms. The van der Waals surface area contributed by atoms with Crippen LogP contribution in [-0.4, -0.2) is 17.8 Å². The first-order valence-electron chi connectivity index (χ1n) is 11.3. The van der Waals surface area contributed by atoms with Crippen molar-refractivity contribution < 1.29 is 8.42 Å². The monoisotopic (exact) mass is 558 g/mol. The van der Waals surface area contributed by atoms with E-state index in [-0.39, 0.29) is 11.4 Å². The van der Waals surface area contributed by atoms with Crippen molar-refractivity contribution in [1.82, 2.24) is 9.42 Å². The maximum atomic E-state index is 14.1. The Labute approximate surface area is 227 Å². The van der Waals surface area contributed by atoms with Crippen molar-refractivity contribution in [3.05, 3.63) is 134 Å². The molecule has 4 aromatic carbocycles. The highest BCUT2D eigenvalue weighted by molar-refractivity contribution is 7.89. The second-order valence-electron chi connectivity index (χ2n) is 8.50. The van der Waals surface area contributed by atoms with Gasteiger partial charge in [-0.2, -0.15) is 0 Å². The van der Waals surface area contributed by atoms with Crippen molar-refractivity contribution >= 4 is 44.8 Å². The Morgan fingerprint density at radius 1 is 0.556 bits per heavy atom. The van der Waals surface area contributed by atoms with Gasteiger partial charge in [-0.1, -0.05) is 88.9 Å². The molecule has 0 aromatic heterocycles. The smallest absolute Gasteiger partial charge is 0.219 e. The highest BCUT2D eigenvalue weighted by Crippen LogP contribution is 2.26. The lowest BCUT2D eigenvalue weighted by Gasteiger charge is -2.34. The van der Waals surface area contributed by atoms with Crippen LogP contribution in [0.15, 0.2) is 102 Å². The van der Waals surface area contributed by atoms with Gasteiger partial charge in [-0.05, 0) is 72.1 Å². The average Bonchev–Trinajstić information content (AvgIpc) is 2.86. The number of halogens is 3. The average molecular weight is 560 g/mol. The summed E-state index contributed by atoms with van der Waals surface area (Å²) in [6, 6.07) is 28.9. The topological polar surface area (TPSA) is 40.6 Å². The Bertz CT molecular complexity index is 1340. The number of hydrogen-bond donors (Lipinski definition) is 0. The van der Waals surface area contributed by atoms with Gasteiger partial charge in [-0.15, -0.1) is 4.41 Å². The third-order valence-corrected chi connectivity index (χ3v) is 8.24. The summed E-state index contributed by atoms with van der Waals surface area (Å²) in [6.45, 7) is 2.75. The molecule has 4 nitrogen and oxygen atoms in total. The largest absolute Gasteiger partial charge is 0.256 e. The van der Waals surface area contributed by atoms with Crippen LogP contribution in [0.5, 0.6) is 0 Å². The molecule has 0 heterocycles. The molecule has 4 aromatic rings. The maximum absolute atomic E-state index is 14.1. The molecule has 0 bridgehead atoms.